The fraction of sp³-hybridized carbons (Fsp3) is 0.415. The van der Waals surface area contributed by atoms with Crippen LogP contribution in [0.2, 0.25) is 0 Å². The highest BCUT2D eigenvalue weighted by molar-refractivity contribution is 6.39. The topological polar surface area (TPSA) is 41.4 Å². The van der Waals surface area contributed by atoms with Crippen molar-refractivity contribution in [1.29, 1.82) is 0 Å². The van der Waals surface area contributed by atoms with Crippen molar-refractivity contribution in [3.8, 4) is 17.2 Å². The first-order valence-electron chi connectivity index (χ1n) is 19.0. The van der Waals surface area contributed by atoms with Gasteiger partial charge in [0.25, 0.3) is 0 Å². The third-order valence-corrected chi connectivity index (χ3v) is 8.85. The summed E-state index contributed by atoms with van der Waals surface area (Å²) in [6.07, 6.45) is 10.5. The Morgan fingerprint density at radius 1 is 0.508 bits per heavy atom. The first kappa shape index (κ1) is 48.8. The molecule has 2 atom stereocenters. The minimum absolute atomic E-state index is 0.158. The average molecular weight is 854 g/mol. The predicted octanol–water partition coefficient (Wildman–Crippen LogP) is 11.6. The van der Waals surface area contributed by atoms with Crippen LogP contribution in [0.15, 0.2) is 42.5 Å². The fourth-order valence-corrected chi connectivity index (χ4v) is 5.85. The summed E-state index contributed by atoms with van der Waals surface area (Å²) in [5.41, 5.74) is -0.568. The number of ether oxygens (including phenoxy) is 1. The molecule has 59 heavy (non-hydrogen) atoms. The summed E-state index contributed by atoms with van der Waals surface area (Å²) in [6.45, 7) is 5.74. The van der Waals surface area contributed by atoms with Gasteiger partial charge in [0, 0.05) is 48.9 Å². The van der Waals surface area contributed by atoms with Gasteiger partial charge in [0.05, 0.1) is 19.0 Å². The third-order valence-electron chi connectivity index (χ3n) is 8.85. The first-order valence-corrected chi connectivity index (χ1v) is 19.0. The van der Waals surface area contributed by atoms with Crippen LogP contribution in [-0.4, -0.2) is 26.7 Å². The van der Waals surface area contributed by atoms with Crippen molar-refractivity contribution in [2.24, 2.45) is 0 Å². The van der Waals surface area contributed by atoms with Gasteiger partial charge in [-0.15, -0.1) is 12.1 Å². The van der Waals surface area contributed by atoms with Crippen LogP contribution >= 0.6 is 0 Å². The lowest BCUT2D eigenvalue weighted by Crippen LogP contribution is -3.11. The number of nitrogens with one attached hydrogen (secondary N) is 1. The Morgan fingerprint density at radius 2 is 0.915 bits per heavy atom. The van der Waals surface area contributed by atoms with E-state index < -0.39 is 106 Å². The molecule has 0 aliphatic rings. The van der Waals surface area contributed by atoms with Crippen molar-refractivity contribution in [3.05, 3.63) is 118 Å². The number of hydrogen-bond donors (Lipinski definition) is 1. The molecule has 5 nitrogen and oxygen atoms in total. The lowest BCUT2D eigenvalue weighted by molar-refractivity contribution is -0.886. The summed E-state index contributed by atoms with van der Waals surface area (Å²) < 4.78 is 186. The molecule has 0 saturated carbocycles. The quantitative estimate of drug-likeness (QED) is 0.0214. The zero-order chi connectivity index (χ0) is 43.6. The summed E-state index contributed by atoms with van der Waals surface area (Å²) >= 11 is 0. The van der Waals surface area contributed by atoms with E-state index >= 15 is 4.39 Å². The second kappa shape index (κ2) is 24.5. The molecule has 324 valence electrons. The number of halogens is 12. The van der Waals surface area contributed by atoms with E-state index in [4.69, 9.17) is 18.7 Å². The number of unbranched alkanes of at least 4 members (excludes halogenated alkanes) is 10. The van der Waals surface area contributed by atoms with Crippen LogP contribution < -0.4 is 18.9 Å². The molecule has 0 aliphatic carbocycles. The molecule has 4 aromatic carbocycles. The van der Waals surface area contributed by atoms with E-state index in [-0.39, 0.29) is 18.1 Å². The SMILES string of the molecule is CCCCCCCCCCCCC[NH+](c1c(OB(Oc2cc(F)c(F)c(F)c2)Oc2cc(F)c(F)c(F)c2)cc(F)c(F)c1F)C(C)OCC.Fc1c[c-]cc(F)c1F. The number of quaternary nitrogens is 1. The summed E-state index contributed by atoms with van der Waals surface area (Å²) in [7, 11) is -2.36. The average Bonchev–Trinajstić information content (AvgIpc) is 3.18. The van der Waals surface area contributed by atoms with Crippen LogP contribution in [0.5, 0.6) is 17.2 Å². The summed E-state index contributed by atoms with van der Waals surface area (Å²) in [6, 6.07) is 5.50. The zero-order valence-corrected chi connectivity index (χ0v) is 32.6. The van der Waals surface area contributed by atoms with Crippen molar-refractivity contribution in [2.75, 3.05) is 13.2 Å². The molecular weight excluding hydrogens is 809 g/mol. The molecule has 2 unspecified atom stereocenters. The maximum atomic E-state index is 15.7. The number of rotatable bonds is 22. The van der Waals surface area contributed by atoms with E-state index in [2.05, 4.69) is 13.0 Å². The minimum Gasteiger partial charge on any atom is -0.489 e. The predicted molar refractivity (Wildman–Crippen MR) is 195 cm³/mol. The molecule has 1 N–H and O–H groups in total. The monoisotopic (exact) mass is 853 g/mol. The molecule has 4 aromatic rings. The van der Waals surface area contributed by atoms with Gasteiger partial charge in [0.1, 0.15) is 11.5 Å². The second-order valence-corrected chi connectivity index (χ2v) is 13.3. The van der Waals surface area contributed by atoms with Crippen molar-refractivity contribution >= 4 is 13.0 Å². The summed E-state index contributed by atoms with van der Waals surface area (Å²) in [5.74, 6) is -21.9. The van der Waals surface area contributed by atoms with Crippen LogP contribution in [-0.2, 0) is 4.74 Å². The van der Waals surface area contributed by atoms with E-state index in [1.165, 1.54) is 32.1 Å². The van der Waals surface area contributed by atoms with Crippen molar-refractivity contribution in [3.63, 3.8) is 0 Å². The van der Waals surface area contributed by atoms with Crippen LogP contribution in [0.25, 0.3) is 0 Å². The summed E-state index contributed by atoms with van der Waals surface area (Å²) in [4.78, 5) is 0.172. The Bertz CT molecular complexity index is 1820. The van der Waals surface area contributed by atoms with Gasteiger partial charge in [0.15, 0.2) is 52.7 Å². The fourth-order valence-electron chi connectivity index (χ4n) is 5.85. The molecule has 4 rings (SSSR count). The standard InChI is InChI=1S/C35H41BF9NO4.C6H2F3/c1-4-6-7-8-9-10-11-12-13-14-15-16-46(22(3)47-5-2)35-30(21-29(41)33(44)34(35)45)50-36(48-23-17-25(37)31(42)26(38)18-23)49-24-19-27(39)32(43)28(40)20-24;7-4-2-1-3-5(8)6(4)9/h17-22H,4-16H2,1-3H3;2-3H/q;-1/p+1. The number of hydrogen-bond acceptors (Lipinski definition) is 4. The molecule has 0 amide bonds. The maximum Gasteiger partial charge on any atom is 0.864 e. The maximum absolute atomic E-state index is 15.7. The first-order chi connectivity index (χ1) is 28.1. The van der Waals surface area contributed by atoms with Crippen LogP contribution in [0, 0.1) is 75.9 Å². The summed E-state index contributed by atoms with van der Waals surface area (Å²) in [5, 5.41) is 0. The Labute approximate surface area is 335 Å². The molecule has 0 fully saturated rings. The van der Waals surface area contributed by atoms with E-state index in [0.29, 0.717) is 36.8 Å². The molecule has 0 heterocycles. The molecule has 0 aromatic heterocycles. The molecule has 0 saturated heterocycles. The number of benzene rings is 4. The Balaban J connectivity index is 0.000000909. The lowest BCUT2D eigenvalue weighted by atomic mass is 10.1. The largest absolute Gasteiger partial charge is 0.864 e. The van der Waals surface area contributed by atoms with Gasteiger partial charge in [0.2, 0.25) is 17.3 Å². The van der Waals surface area contributed by atoms with Gasteiger partial charge >= 0.3 is 7.32 Å². The molecule has 18 heteroatoms. The van der Waals surface area contributed by atoms with Gasteiger partial charge in [-0.3, -0.25) is 13.7 Å². The van der Waals surface area contributed by atoms with Crippen molar-refractivity contribution < 1.29 is 76.3 Å². The van der Waals surface area contributed by atoms with E-state index in [9.17, 15) is 48.3 Å². The molecular formula is C41H44BF12NO4. The third kappa shape index (κ3) is 14.9. The van der Waals surface area contributed by atoms with E-state index in [0.717, 1.165) is 44.2 Å². The molecule has 0 aliphatic heterocycles. The van der Waals surface area contributed by atoms with Gasteiger partial charge in [-0.1, -0.05) is 64.7 Å². The Kier molecular flexibility index (Phi) is 20.3. The highest BCUT2D eigenvalue weighted by Gasteiger charge is 2.38. The molecule has 0 spiro atoms. The highest BCUT2D eigenvalue weighted by Crippen LogP contribution is 2.31. The lowest BCUT2D eigenvalue weighted by Gasteiger charge is -2.28. The van der Waals surface area contributed by atoms with Crippen LogP contribution in [0.1, 0.15) is 91.4 Å². The van der Waals surface area contributed by atoms with Gasteiger partial charge in [-0.2, -0.15) is 10.5 Å². The van der Waals surface area contributed by atoms with E-state index in [1.54, 1.807) is 13.8 Å². The molecule has 0 bridgehead atoms. The second-order valence-electron chi connectivity index (χ2n) is 13.3. The Morgan fingerprint density at radius 3 is 1.34 bits per heavy atom. The van der Waals surface area contributed by atoms with Gasteiger partial charge in [-0.05, 0) is 19.8 Å². The van der Waals surface area contributed by atoms with Gasteiger partial charge < -0.3 is 18.7 Å². The molecule has 0 radical (unpaired) electrons. The highest BCUT2D eigenvalue weighted by atomic mass is 19.2. The van der Waals surface area contributed by atoms with Crippen molar-refractivity contribution in [2.45, 2.75) is 97.6 Å². The van der Waals surface area contributed by atoms with Gasteiger partial charge in [-0.25, -0.2) is 39.5 Å². The normalized spacial score (nSPS) is 12.1. The smallest absolute Gasteiger partial charge is 0.489 e. The van der Waals surface area contributed by atoms with Crippen LogP contribution in [0.4, 0.5) is 58.4 Å². The minimum atomic E-state index is -2.36. The zero-order valence-electron chi connectivity index (χ0n) is 32.6. The van der Waals surface area contributed by atoms with E-state index in [1.807, 2.05) is 0 Å². The van der Waals surface area contributed by atoms with Crippen LogP contribution in [0.3, 0.4) is 0 Å². The Hall–Kier alpha value is -4.58. The van der Waals surface area contributed by atoms with Crippen molar-refractivity contribution in [1.82, 2.24) is 0 Å².